The zero-order valence-corrected chi connectivity index (χ0v) is 14.1. The fourth-order valence-corrected chi connectivity index (χ4v) is 2.20. The lowest BCUT2D eigenvalue weighted by Gasteiger charge is -2.16. The van der Waals surface area contributed by atoms with E-state index in [0.29, 0.717) is 18.7 Å². The van der Waals surface area contributed by atoms with E-state index in [1.54, 1.807) is 0 Å². The van der Waals surface area contributed by atoms with Gasteiger partial charge in [0.25, 0.3) is 0 Å². The summed E-state index contributed by atoms with van der Waals surface area (Å²) >= 11 is 0. The Morgan fingerprint density at radius 3 is 2.39 bits per heavy atom. The molecule has 0 bridgehead atoms. The number of benzene rings is 1. The van der Waals surface area contributed by atoms with Crippen LogP contribution < -0.4 is 5.32 Å². The number of hydrogen-bond acceptors (Lipinski definition) is 3. The van der Waals surface area contributed by atoms with Gasteiger partial charge in [0.05, 0.1) is 12.5 Å². The number of carbonyl (C=O) groups excluding carboxylic acids is 1. The first-order chi connectivity index (χ1) is 11.0. The van der Waals surface area contributed by atoms with Crippen molar-refractivity contribution in [2.24, 2.45) is 11.8 Å². The van der Waals surface area contributed by atoms with Crippen molar-refractivity contribution in [3.05, 3.63) is 35.9 Å². The van der Waals surface area contributed by atoms with Gasteiger partial charge in [0.15, 0.2) is 0 Å². The van der Waals surface area contributed by atoms with Crippen molar-refractivity contribution in [2.75, 3.05) is 6.54 Å². The summed E-state index contributed by atoms with van der Waals surface area (Å²) < 4.78 is 0. The normalized spacial score (nSPS) is 12.5. The molecule has 0 radical (unpaired) electrons. The Morgan fingerprint density at radius 2 is 1.96 bits per heavy atom. The second-order valence-electron chi connectivity index (χ2n) is 5.69. The van der Waals surface area contributed by atoms with Gasteiger partial charge in [-0.05, 0) is 17.9 Å². The molecule has 0 saturated carbocycles. The molecule has 3 N–H and O–H groups in total. The third kappa shape index (κ3) is 11.4. The van der Waals surface area contributed by atoms with Crippen LogP contribution in [0.3, 0.4) is 0 Å². The minimum atomic E-state index is -0.826. The zero-order valence-electron chi connectivity index (χ0n) is 14.1. The van der Waals surface area contributed by atoms with Crippen LogP contribution in [0.2, 0.25) is 0 Å². The highest BCUT2D eigenvalue weighted by molar-refractivity contribution is 5.70. The number of hydrogen-bond donors (Lipinski definition) is 3. The molecule has 0 heterocycles. The van der Waals surface area contributed by atoms with Crippen LogP contribution in [0.15, 0.2) is 30.3 Å². The van der Waals surface area contributed by atoms with Crippen molar-refractivity contribution in [3.63, 3.8) is 0 Å². The SMILES string of the molecule is CCCCC(C)CC(CNC=O)C(=O)O.OCc1ccccc1. The minimum Gasteiger partial charge on any atom is -0.481 e. The van der Waals surface area contributed by atoms with Gasteiger partial charge >= 0.3 is 5.97 Å². The second kappa shape index (κ2) is 13.8. The smallest absolute Gasteiger partial charge is 0.308 e. The lowest BCUT2D eigenvalue weighted by atomic mass is 9.92. The predicted molar refractivity (Wildman–Crippen MR) is 90.9 cm³/mol. The average molecular weight is 323 g/mol. The van der Waals surface area contributed by atoms with Gasteiger partial charge in [-0.25, -0.2) is 0 Å². The molecule has 0 aliphatic carbocycles. The molecule has 0 aliphatic rings. The zero-order chi connectivity index (χ0) is 17.5. The predicted octanol–water partition coefficient (Wildman–Crippen LogP) is 2.83. The van der Waals surface area contributed by atoms with E-state index in [9.17, 15) is 9.59 Å². The summed E-state index contributed by atoms with van der Waals surface area (Å²) in [6, 6.07) is 9.52. The Kier molecular flexibility index (Phi) is 12.6. The number of aliphatic hydroxyl groups excluding tert-OH is 1. The number of carboxylic acid groups (broad SMARTS) is 1. The summed E-state index contributed by atoms with van der Waals surface area (Å²) in [5, 5.41) is 19.9. The van der Waals surface area contributed by atoms with Crippen molar-refractivity contribution < 1.29 is 19.8 Å². The second-order valence-corrected chi connectivity index (χ2v) is 5.69. The maximum absolute atomic E-state index is 10.9. The molecule has 1 amide bonds. The van der Waals surface area contributed by atoms with E-state index in [2.05, 4.69) is 19.2 Å². The van der Waals surface area contributed by atoms with Crippen molar-refractivity contribution in [1.29, 1.82) is 0 Å². The molecule has 0 fully saturated rings. The Hall–Kier alpha value is -1.88. The summed E-state index contributed by atoms with van der Waals surface area (Å²) in [5.41, 5.74) is 0.965. The maximum atomic E-state index is 10.9. The molecule has 1 aromatic carbocycles. The van der Waals surface area contributed by atoms with Crippen molar-refractivity contribution >= 4 is 12.4 Å². The van der Waals surface area contributed by atoms with Crippen molar-refractivity contribution in [1.82, 2.24) is 5.32 Å². The molecule has 130 valence electrons. The molecule has 0 spiro atoms. The molecule has 0 aromatic heterocycles. The summed E-state index contributed by atoms with van der Waals surface area (Å²) in [5.74, 6) is -0.880. The molecule has 1 aromatic rings. The van der Waals surface area contributed by atoms with Crippen LogP contribution in [0.1, 0.15) is 45.1 Å². The Labute approximate surface area is 138 Å². The highest BCUT2D eigenvalue weighted by Crippen LogP contribution is 2.17. The van der Waals surface area contributed by atoms with E-state index in [1.165, 1.54) is 0 Å². The molecule has 2 atom stereocenters. The van der Waals surface area contributed by atoms with Gasteiger partial charge in [0, 0.05) is 6.54 Å². The number of amides is 1. The standard InChI is InChI=1S/C11H21NO3.C7H8O/c1-3-4-5-9(2)6-10(11(14)15)7-12-8-13;8-6-7-4-2-1-3-5-7/h8-10H,3-7H2,1-2H3,(H,12,13)(H,14,15);1-5,8H,6H2. The third-order valence-corrected chi connectivity index (χ3v) is 3.56. The third-order valence-electron chi connectivity index (χ3n) is 3.56. The van der Waals surface area contributed by atoms with E-state index in [0.717, 1.165) is 24.8 Å². The number of carbonyl (C=O) groups is 2. The van der Waals surface area contributed by atoms with Crippen LogP contribution in [0, 0.1) is 11.8 Å². The highest BCUT2D eigenvalue weighted by Gasteiger charge is 2.19. The number of carboxylic acids is 1. The summed E-state index contributed by atoms with van der Waals surface area (Å²) in [6.07, 6.45) is 4.51. The minimum absolute atomic E-state index is 0.140. The summed E-state index contributed by atoms with van der Waals surface area (Å²) in [6.45, 7) is 4.55. The number of rotatable bonds is 10. The van der Waals surface area contributed by atoms with Gasteiger partial charge < -0.3 is 15.5 Å². The van der Waals surface area contributed by atoms with Crippen LogP contribution in [0.25, 0.3) is 0 Å². The molecule has 0 saturated heterocycles. The van der Waals surface area contributed by atoms with Crippen molar-refractivity contribution in [3.8, 4) is 0 Å². The maximum Gasteiger partial charge on any atom is 0.308 e. The number of aliphatic carboxylic acids is 1. The van der Waals surface area contributed by atoms with Crippen LogP contribution in [-0.4, -0.2) is 29.1 Å². The first kappa shape index (κ1) is 21.1. The van der Waals surface area contributed by atoms with Gasteiger partial charge in [0.2, 0.25) is 6.41 Å². The summed E-state index contributed by atoms with van der Waals surface area (Å²) in [4.78, 5) is 20.9. The first-order valence-corrected chi connectivity index (χ1v) is 8.09. The molecular weight excluding hydrogens is 294 g/mol. The van der Waals surface area contributed by atoms with E-state index >= 15 is 0 Å². The average Bonchev–Trinajstić information content (AvgIpc) is 2.57. The Morgan fingerprint density at radius 1 is 1.30 bits per heavy atom. The van der Waals surface area contributed by atoms with Crippen molar-refractivity contribution in [2.45, 2.75) is 46.1 Å². The molecule has 0 aliphatic heterocycles. The van der Waals surface area contributed by atoms with Crippen LogP contribution in [-0.2, 0) is 16.2 Å². The molecule has 5 heteroatoms. The van der Waals surface area contributed by atoms with Crippen LogP contribution in [0.5, 0.6) is 0 Å². The lowest BCUT2D eigenvalue weighted by Crippen LogP contribution is -2.29. The van der Waals surface area contributed by atoms with E-state index < -0.39 is 11.9 Å². The fraction of sp³-hybridized carbons (Fsp3) is 0.556. The number of unbranched alkanes of at least 4 members (excludes halogenated alkanes) is 1. The first-order valence-electron chi connectivity index (χ1n) is 8.09. The lowest BCUT2D eigenvalue weighted by molar-refractivity contribution is -0.142. The molecular formula is C18H29NO4. The molecule has 5 nitrogen and oxygen atoms in total. The Balaban J connectivity index is 0.000000502. The van der Waals surface area contributed by atoms with Gasteiger partial charge in [-0.15, -0.1) is 0 Å². The summed E-state index contributed by atoms with van der Waals surface area (Å²) in [7, 11) is 0. The van der Waals surface area contributed by atoms with E-state index in [4.69, 9.17) is 10.2 Å². The van der Waals surface area contributed by atoms with E-state index in [1.807, 2.05) is 30.3 Å². The molecule has 2 unspecified atom stereocenters. The quantitative estimate of drug-likeness (QED) is 0.578. The van der Waals surface area contributed by atoms with Gasteiger partial charge in [-0.2, -0.15) is 0 Å². The largest absolute Gasteiger partial charge is 0.481 e. The highest BCUT2D eigenvalue weighted by atomic mass is 16.4. The molecule has 1 rings (SSSR count). The van der Waals surface area contributed by atoms with Gasteiger partial charge in [0.1, 0.15) is 0 Å². The van der Waals surface area contributed by atoms with E-state index in [-0.39, 0.29) is 13.2 Å². The monoisotopic (exact) mass is 323 g/mol. The van der Waals surface area contributed by atoms with Crippen LogP contribution in [0.4, 0.5) is 0 Å². The topological polar surface area (TPSA) is 86.6 Å². The molecule has 23 heavy (non-hydrogen) atoms. The Bertz CT molecular complexity index is 422. The van der Waals surface area contributed by atoms with Gasteiger partial charge in [-0.3, -0.25) is 9.59 Å². The fourth-order valence-electron chi connectivity index (χ4n) is 2.20. The number of aliphatic hydroxyl groups is 1. The van der Waals surface area contributed by atoms with Crippen LogP contribution >= 0.6 is 0 Å². The number of nitrogens with one attached hydrogen (secondary N) is 1. The van der Waals surface area contributed by atoms with Gasteiger partial charge in [-0.1, -0.05) is 63.4 Å².